The second-order valence-electron chi connectivity index (χ2n) is 6.58. The molecule has 158 valence electrons. The van der Waals surface area contributed by atoms with Crippen LogP contribution in [0.25, 0.3) is 0 Å². The fourth-order valence-corrected chi connectivity index (χ4v) is 3.15. The van der Waals surface area contributed by atoms with Crippen molar-refractivity contribution in [2.45, 2.75) is 30.1 Å². The number of benzene rings is 1. The quantitative estimate of drug-likeness (QED) is 0.394. The highest BCUT2D eigenvalue weighted by molar-refractivity contribution is 7.85. The molecule has 30 heavy (non-hydrogen) atoms. The molecule has 1 saturated heterocycles. The molecule has 11 heteroatoms. The van der Waals surface area contributed by atoms with E-state index in [1.54, 1.807) is 12.1 Å². The Labute approximate surface area is 171 Å². The van der Waals surface area contributed by atoms with Gasteiger partial charge in [-0.1, -0.05) is 17.7 Å². The zero-order valence-corrected chi connectivity index (χ0v) is 16.4. The second-order valence-corrected chi connectivity index (χ2v) is 8.00. The fraction of sp³-hybridized carbons (Fsp3) is 0.211. The number of aromatic hydroxyl groups is 1. The molecule has 1 aliphatic heterocycles. The highest BCUT2D eigenvalue weighted by Crippen LogP contribution is 2.33. The summed E-state index contributed by atoms with van der Waals surface area (Å²) in [4.78, 5) is 27.0. The topological polar surface area (TPSA) is 166 Å². The number of ether oxygens (including phenoxy) is 1. The molecule has 0 radical (unpaired) electrons. The SMILES string of the molecule is Cc1ccc(S(=O)(=O)O)cc1.O=C(NC1=CC(=O)C2OC2C1O)c1ncccc1O. The molecular formula is C19H18N2O8S. The van der Waals surface area contributed by atoms with Crippen molar-refractivity contribution in [3.63, 3.8) is 0 Å². The Morgan fingerprint density at radius 2 is 1.87 bits per heavy atom. The average molecular weight is 434 g/mol. The van der Waals surface area contributed by atoms with Crippen molar-refractivity contribution >= 4 is 21.8 Å². The zero-order chi connectivity index (χ0) is 22.1. The molecule has 3 unspecified atom stereocenters. The molecule has 1 aromatic carbocycles. The number of aryl methyl sites for hydroxylation is 1. The van der Waals surface area contributed by atoms with Crippen molar-refractivity contribution < 1.29 is 37.5 Å². The van der Waals surface area contributed by atoms with E-state index in [-0.39, 0.29) is 27.8 Å². The minimum atomic E-state index is -4.02. The van der Waals surface area contributed by atoms with Crippen LogP contribution in [0.5, 0.6) is 5.75 Å². The Kier molecular flexibility index (Phi) is 5.99. The third-order valence-corrected chi connectivity index (χ3v) is 5.18. The van der Waals surface area contributed by atoms with Gasteiger partial charge in [-0.2, -0.15) is 8.42 Å². The number of ketones is 1. The predicted molar refractivity (Wildman–Crippen MR) is 102 cm³/mol. The number of carbonyl (C=O) groups excluding carboxylic acids is 2. The summed E-state index contributed by atoms with van der Waals surface area (Å²) in [6, 6.07) is 8.79. The molecule has 3 atom stereocenters. The van der Waals surface area contributed by atoms with Gasteiger partial charge in [-0.25, -0.2) is 4.98 Å². The van der Waals surface area contributed by atoms with E-state index in [0.29, 0.717) is 0 Å². The number of hydrogen-bond donors (Lipinski definition) is 4. The maximum atomic E-state index is 11.9. The summed E-state index contributed by atoms with van der Waals surface area (Å²) < 4.78 is 34.5. The van der Waals surface area contributed by atoms with Crippen LogP contribution < -0.4 is 5.32 Å². The van der Waals surface area contributed by atoms with E-state index in [2.05, 4.69) is 10.3 Å². The zero-order valence-electron chi connectivity index (χ0n) is 15.6. The number of carbonyl (C=O) groups is 2. The van der Waals surface area contributed by atoms with Gasteiger partial charge in [-0.15, -0.1) is 0 Å². The van der Waals surface area contributed by atoms with Gasteiger partial charge in [0.15, 0.2) is 11.5 Å². The van der Waals surface area contributed by atoms with Gasteiger partial charge in [-0.3, -0.25) is 14.1 Å². The summed E-state index contributed by atoms with van der Waals surface area (Å²) in [7, 11) is -4.02. The molecule has 0 bridgehead atoms. The van der Waals surface area contributed by atoms with E-state index in [9.17, 15) is 28.2 Å². The van der Waals surface area contributed by atoms with Crippen molar-refractivity contribution in [3.05, 3.63) is 65.6 Å². The van der Waals surface area contributed by atoms with E-state index in [0.717, 1.165) is 11.6 Å². The van der Waals surface area contributed by atoms with Crippen LogP contribution in [0, 0.1) is 6.92 Å². The number of hydrogen-bond acceptors (Lipinski definition) is 8. The third kappa shape index (κ3) is 4.89. The number of nitrogens with one attached hydrogen (secondary N) is 1. The lowest BCUT2D eigenvalue weighted by atomic mass is 10.0. The van der Waals surface area contributed by atoms with Gasteiger partial charge in [0.25, 0.3) is 16.0 Å². The lowest BCUT2D eigenvalue weighted by molar-refractivity contribution is -0.116. The van der Waals surface area contributed by atoms with E-state index >= 15 is 0 Å². The van der Waals surface area contributed by atoms with Crippen LogP contribution in [0.3, 0.4) is 0 Å². The molecule has 2 heterocycles. The second kappa shape index (κ2) is 8.32. The van der Waals surface area contributed by atoms with E-state index in [1.165, 1.54) is 30.5 Å². The normalized spacial score (nSPS) is 22.2. The first kappa shape index (κ1) is 21.6. The van der Waals surface area contributed by atoms with Gasteiger partial charge in [0.1, 0.15) is 24.1 Å². The van der Waals surface area contributed by atoms with Crippen LogP contribution in [0.2, 0.25) is 0 Å². The lowest BCUT2D eigenvalue weighted by Gasteiger charge is -2.16. The van der Waals surface area contributed by atoms with Gasteiger partial charge in [-0.05, 0) is 31.2 Å². The Morgan fingerprint density at radius 1 is 1.20 bits per heavy atom. The molecular weight excluding hydrogens is 416 g/mol. The maximum Gasteiger partial charge on any atom is 0.294 e. The van der Waals surface area contributed by atoms with Crippen LogP contribution >= 0.6 is 0 Å². The van der Waals surface area contributed by atoms with Crippen LogP contribution in [-0.2, 0) is 19.6 Å². The molecule has 1 amide bonds. The molecule has 10 nitrogen and oxygen atoms in total. The Morgan fingerprint density at radius 3 is 2.47 bits per heavy atom. The van der Waals surface area contributed by atoms with Gasteiger partial charge in [0, 0.05) is 12.3 Å². The van der Waals surface area contributed by atoms with Crippen molar-refractivity contribution in [2.75, 3.05) is 0 Å². The number of nitrogens with zero attached hydrogens (tertiary/aromatic N) is 1. The highest BCUT2D eigenvalue weighted by atomic mass is 32.2. The van der Waals surface area contributed by atoms with E-state index in [1.807, 2.05) is 6.92 Å². The molecule has 4 N–H and O–H groups in total. The van der Waals surface area contributed by atoms with E-state index < -0.39 is 34.3 Å². The summed E-state index contributed by atoms with van der Waals surface area (Å²) in [5.41, 5.74) is 0.832. The Hall–Kier alpha value is -3.12. The number of aliphatic hydroxyl groups is 1. The highest BCUT2D eigenvalue weighted by Gasteiger charge is 2.53. The lowest BCUT2D eigenvalue weighted by Crippen LogP contribution is -2.37. The van der Waals surface area contributed by atoms with Crippen LogP contribution in [-0.4, -0.2) is 58.2 Å². The number of fused-ring (bicyclic) bond motifs is 1. The summed E-state index contributed by atoms with van der Waals surface area (Å²) in [6.07, 6.45) is 0.240. The first-order valence-electron chi connectivity index (χ1n) is 8.66. The monoisotopic (exact) mass is 434 g/mol. The first-order chi connectivity index (χ1) is 14.1. The van der Waals surface area contributed by atoms with E-state index in [4.69, 9.17) is 9.29 Å². The largest absolute Gasteiger partial charge is 0.505 e. The molecule has 0 saturated carbocycles. The molecule has 1 fully saturated rings. The predicted octanol–water partition coefficient (Wildman–Crippen LogP) is 0.354. The summed E-state index contributed by atoms with van der Waals surface area (Å²) in [5.74, 6) is -1.27. The van der Waals surface area contributed by atoms with Crippen LogP contribution in [0.1, 0.15) is 16.1 Å². The average Bonchev–Trinajstić information content (AvgIpc) is 3.48. The first-order valence-corrected chi connectivity index (χ1v) is 10.1. The molecule has 1 aliphatic carbocycles. The van der Waals surface area contributed by atoms with Crippen LogP contribution in [0.15, 0.2) is 59.3 Å². The summed E-state index contributed by atoms with van der Waals surface area (Å²) >= 11 is 0. The molecule has 4 rings (SSSR count). The number of rotatable bonds is 3. The van der Waals surface area contributed by atoms with Crippen molar-refractivity contribution in [2.24, 2.45) is 0 Å². The number of amides is 1. The fourth-order valence-electron chi connectivity index (χ4n) is 2.67. The summed E-state index contributed by atoms with van der Waals surface area (Å²) in [5, 5.41) is 21.7. The van der Waals surface area contributed by atoms with Gasteiger partial charge >= 0.3 is 0 Å². The van der Waals surface area contributed by atoms with Crippen molar-refractivity contribution in [1.82, 2.24) is 10.3 Å². The minimum Gasteiger partial charge on any atom is -0.505 e. The number of pyridine rings is 1. The number of epoxide rings is 1. The van der Waals surface area contributed by atoms with Crippen molar-refractivity contribution in [3.8, 4) is 5.75 Å². The molecule has 1 aromatic heterocycles. The van der Waals surface area contributed by atoms with Gasteiger partial charge in [0.2, 0.25) is 0 Å². The molecule has 0 spiro atoms. The Bertz CT molecular complexity index is 1110. The number of aromatic nitrogens is 1. The van der Waals surface area contributed by atoms with Crippen molar-refractivity contribution in [1.29, 1.82) is 0 Å². The molecule has 2 aliphatic rings. The third-order valence-electron chi connectivity index (χ3n) is 4.31. The standard InChI is InChI=1S/C12H10N2O5.C7H8O3S/c15-6-2-1-3-13-8(6)12(18)14-5-4-7(16)10-11(19-10)9(5)17;1-6-2-4-7(5-3-6)11(8,9)10/h1-4,9-11,15,17H,(H,14,18);2-5H,1H3,(H,8,9,10). The number of aliphatic hydroxyl groups excluding tert-OH is 1. The molecule has 2 aromatic rings. The maximum absolute atomic E-state index is 11.9. The smallest absolute Gasteiger partial charge is 0.294 e. The minimum absolute atomic E-state index is 0.0544. The summed E-state index contributed by atoms with van der Waals surface area (Å²) in [6.45, 7) is 1.84. The van der Waals surface area contributed by atoms with Gasteiger partial charge in [0.05, 0.1) is 10.6 Å². The van der Waals surface area contributed by atoms with Crippen LogP contribution in [0.4, 0.5) is 0 Å². The van der Waals surface area contributed by atoms with Gasteiger partial charge < -0.3 is 20.3 Å². The Balaban J connectivity index is 0.000000199.